The van der Waals surface area contributed by atoms with E-state index in [-0.39, 0.29) is 12.5 Å². The van der Waals surface area contributed by atoms with Crippen LogP contribution in [0.5, 0.6) is 5.75 Å². The van der Waals surface area contributed by atoms with Crippen LogP contribution >= 0.6 is 0 Å². The molecular formula is C27H28N4O4. The molecule has 0 bridgehead atoms. The predicted octanol–water partition coefficient (Wildman–Crippen LogP) is 4.03. The number of hydrogen-bond donors (Lipinski definition) is 3. The van der Waals surface area contributed by atoms with Gasteiger partial charge in [-0.15, -0.1) is 0 Å². The van der Waals surface area contributed by atoms with Crippen molar-refractivity contribution in [2.24, 2.45) is 5.10 Å². The number of ether oxygens (including phenoxy) is 1. The Balaban J connectivity index is 1.46. The number of nitrogens with one attached hydrogen (secondary N) is 3. The summed E-state index contributed by atoms with van der Waals surface area (Å²) in [5.41, 5.74) is 8.23. The number of benzene rings is 3. The van der Waals surface area contributed by atoms with Gasteiger partial charge < -0.3 is 15.4 Å². The van der Waals surface area contributed by atoms with Crippen molar-refractivity contribution < 1.29 is 19.1 Å². The van der Waals surface area contributed by atoms with Gasteiger partial charge in [0.15, 0.2) is 6.61 Å². The number of hydrogen-bond acceptors (Lipinski definition) is 5. The minimum atomic E-state index is -0.878. The van der Waals surface area contributed by atoms with Gasteiger partial charge in [0.25, 0.3) is 5.91 Å². The lowest BCUT2D eigenvalue weighted by molar-refractivity contribution is -0.136. The average Bonchev–Trinajstić information content (AvgIpc) is 2.84. The molecule has 0 unspecified atom stereocenters. The third kappa shape index (κ3) is 7.01. The van der Waals surface area contributed by atoms with Crippen LogP contribution in [0.4, 0.5) is 11.4 Å². The molecule has 0 saturated carbocycles. The largest absolute Gasteiger partial charge is 0.484 e. The molecule has 3 aromatic carbocycles. The minimum Gasteiger partial charge on any atom is -0.484 e. The van der Waals surface area contributed by atoms with E-state index in [0.29, 0.717) is 17.0 Å². The summed E-state index contributed by atoms with van der Waals surface area (Å²) in [6.07, 6.45) is 1.40. The van der Waals surface area contributed by atoms with Crippen molar-refractivity contribution in [3.63, 3.8) is 0 Å². The third-order valence-electron chi connectivity index (χ3n) is 5.57. The molecule has 180 valence electrons. The standard InChI is InChI=1S/C27H28N4O4/c1-17-7-5-9-23(19(17)3)29-25(32)16-35-22-13-11-21(12-14-22)15-28-31-27(34)26(33)30-24-10-6-8-18(2)20(24)4/h5-15H,16H2,1-4H3,(H,29,32)(H,30,33)(H,31,34)/b28-15-. The van der Waals surface area contributed by atoms with Crippen LogP contribution < -0.4 is 20.8 Å². The molecule has 0 heterocycles. The molecule has 8 nitrogen and oxygen atoms in total. The Morgan fingerprint density at radius 1 is 0.771 bits per heavy atom. The van der Waals surface area contributed by atoms with Crippen molar-refractivity contribution in [1.29, 1.82) is 0 Å². The number of carbonyl (C=O) groups is 3. The van der Waals surface area contributed by atoms with E-state index in [1.54, 1.807) is 36.4 Å². The molecule has 0 aromatic heterocycles. The van der Waals surface area contributed by atoms with E-state index in [0.717, 1.165) is 27.9 Å². The first-order valence-electron chi connectivity index (χ1n) is 11.0. The van der Waals surface area contributed by atoms with E-state index in [1.165, 1.54) is 6.21 Å². The van der Waals surface area contributed by atoms with Crippen LogP contribution in [-0.4, -0.2) is 30.5 Å². The van der Waals surface area contributed by atoms with Crippen molar-refractivity contribution in [2.75, 3.05) is 17.2 Å². The maximum atomic E-state index is 12.2. The number of nitrogens with zero attached hydrogens (tertiary/aromatic N) is 1. The van der Waals surface area contributed by atoms with Crippen LogP contribution in [0, 0.1) is 27.7 Å². The molecule has 3 rings (SSSR count). The Kier molecular flexibility index (Phi) is 8.34. The molecule has 8 heteroatoms. The van der Waals surface area contributed by atoms with E-state index in [4.69, 9.17) is 4.74 Å². The quantitative estimate of drug-likeness (QED) is 0.274. The summed E-state index contributed by atoms with van der Waals surface area (Å²) in [6, 6.07) is 18.0. The van der Waals surface area contributed by atoms with E-state index in [2.05, 4.69) is 21.2 Å². The molecule has 0 aliphatic carbocycles. The lowest BCUT2D eigenvalue weighted by atomic mass is 10.1. The molecule has 0 atom stereocenters. The number of rotatable bonds is 7. The first kappa shape index (κ1) is 25.2. The highest BCUT2D eigenvalue weighted by Gasteiger charge is 2.14. The summed E-state index contributed by atoms with van der Waals surface area (Å²) in [6.45, 7) is 7.59. The first-order valence-corrected chi connectivity index (χ1v) is 11.0. The fourth-order valence-corrected chi connectivity index (χ4v) is 3.15. The van der Waals surface area contributed by atoms with Crippen molar-refractivity contribution in [1.82, 2.24) is 5.43 Å². The highest BCUT2D eigenvalue weighted by Crippen LogP contribution is 2.19. The zero-order valence-electron chi connectivity index (χ0n) is 20.1. The minimum absolute atomic E-state index is 0.133. The molecule has 0 aliphatic rings. The zero-order valence-corrected chi connectivity index (χ0v) is 20.1. The second kappa shape index (κ2) is 11.6. The zero-order chi connectivity index (χ0) is 25.4. The smallest absolute Gasteiger partial charge is 0.329 e. The molecule has 35 heavy (non-hydrogen) atoms. The second-order valence-electron chi connectivity index (χ2n) is 8.05. The summed E-state index contributed by atoms with van der Waals surface area (Å²) < 4.78 is 5.53. The third-order valence-corrected chi connectivity index (χ3v) is 5.57. The summed E-state index contributed by atoms with van der Waals surface area (Å²) in [7, 11) is 0. The monoisotopic (exact) mass is 472 g/mol. The van der Waals surface area contributed by atoms with Gasteiger partial charge in [0.2, 0.25) is 0 Å². The highest BCUT2D eigenvalue weighted by molar-refractivity contribution is 6.39. The van der Waals surface area contributed by atoms with Crippen LogP contribution in [0.2, 0.25) is 0 Å². The van der Waals surface area contributed by atoms with Crippen molar-refractivity contribution in [3.8, 4) is 5.75 Å². The highest BCUT2D eigenvalue weighted by atomic mass is 16.5. The number of amides is 3. The Hall–Kier alpha value is -4.46. The molecule has 0 radical (unpaired) electrons. The van der Waals surface area contributed by atoms with Crippen LogP contribution in [0.1, 0.15) is 27.8 Å². The average molecular weight is 473 g/mol. The number of carbonyl (C=O) groups excluding carboxylic acids is 3. The van der Waals surface area contributed by atoms with Crippen molar-refractivity contribution in [3.05, 3.63) is 88.5 Å². The van der Waals surface area contributed by atoms with Crippen LogP contribution in [-0.2, 0) is 14.4 Å². The molecule has 0 spiro atoms. The predicted molar refractivity (Wildman–Crippen MR) is 137 cm³/mol. The molecule has 0 saturated heterocycles. The molecule has 0 fully saturated rings. The molecule has 3 aromatic rings. The van der Waals surface area contributed by atoms with Gasteiger partial charge in [0.05, 0.1) is 6.21 Å². The molecular weight excluding hydrogens is 444 g/mol. The Morgan fingerprint density at radius 2 is 1.34 bits per heavy atom. The molecule has 0 aliphatic heterocycles. The van der Waals surface area contributed by atoms with E-state index in [1.807, 2.05) is 52.0 Å². The van der Waals surface area contributed by atoms with Gasteiger partial charge in [-0.25, -0.2) is 5.43 Å². The molecule has 3 amide bonds. The van der Waals surface area contributed by atoms with Gasteiger partial charge in [-0.05, 0) is 91.9 Å². The summed E-state index contributed by atoms with van der Waals surface area (Å²) in [5.74, 6) is -1.43. The fourth-order valence-electron chi connectivity index (χ4n) is 3.15. The maximum Gasteiger partial charge on any atom is 0.329 e. The Labute approximate surface area is 204 Å². The van der Waals surface area contributed by atoms with Gasteiger partial charge in [-0.2, -0.15) is 5.10 Å². The summed E-state index contributed by atoms with van der Waals surface area (Å²) in [4.78, 5) is 36.3. The topological polar surface area (TPSA) is 109 Å². The maximum absolute atomic E-state index is 12.2. The van der Waals surface area contributed by atoms with Gasteiger partial charge >= 0.3 is 11.8 Å². The van der Waals surface area contributed by atoms with E-state index in [9.17, 15) is 14.4 Å². The summed E-state index contributed by atoms with van der Waals surface area (Å²) in [5, 5.41) is 9.24. The van der Waals surface area contributed by atoms with Crippen LogP contribution in [0.25, 0.3) is 0 Å². The van der Waals surface area contributed by atoms with Crippen LogP contribution in [0.3, 0.4) is 0 Å². The van der Waals surface area contributed by atoms with Gasteiger partial charge in [0.1, 0.15) is 5.75 Å². The lowest BCUT2D eigenvalue weighted by Crippen LogP contribution is -2.32. The van der Waals surface area contributed by atoms with Gasteiger partial charge in [-0.1, -0.05) is 24.3 Å². The number of anilines is 2. The van der Waals surface area contributed by atoms with Crippen molar-refractivity contribution in [2.45, 2.75) is 27.7 Å². The second-order valence-corrected chi connectivity index (χ2v) is 8.05. The number of aryl methyl sites for hydroxylation is 2. The Morgan fingerprint density at radius 3 is 1.94 bits per heavy atom. The number of hydrazone groups is 1. The summed E-state index contributed by atoms with van der Waals surface area (Å²) >= 11 is 0. The fraction of sp³-hybridized carbons (Fsp3) is 0.185. The van der Waals surface area contributed by atoms with Crippen LogP contribution in [0.15, 0.2) is 65.8 Å². The normalized spacial score (nSPS) is 10.6. The lowest BCUT2D eigenvalue weighted by Gasteiger charge is -2.11. The van der Waals surface area contributed by atoms with Gasteiger partial charge in [0, 0.05) is 11.4 Å². The first-order chi connectivity index (χ1) is 16.7. The van der Waals surface area contributed by atoms with Crippen molar-refractivity contribution >= 4 is 35.3 Å². The van der Waals surface area contributed by atoms with E-state index >= 15 is 0 Å². The molecule has 3 N–H and O–H groups in total. The Bertz CT molecular complexity index is 1270. The van der Waals surface area contributed by atoms with E-state index < -0.39 is 11.8 Å². The van der Waals surface area contributed by atoms with Gasteiger partial charge in [-0.3, -0.25) is 14.4 Å². The SMILES string of the molecule is Cc1cccc(NC(=O)COc2ccc(/C=N\NC(=O)C(=O)Nc3cccc(C)c3C)cc2)c1C.